The molecule has 0 saturated heterocycles. The molecule has 1 rings (SSSR count). The number of carbonyl (C=O) groups is 2. The summed E-state index contributed by atoms with van der Waals surface area (Å²) in [7, 11) is 1.34. The average molecular weight is 289 g/mol. The lowest BCUT2D eigenvalue weighted by molar-refractivity contribution is -0.138. The standard InChI is InChI=1S/C13H14F3NO3/c1-17(8-4-7-11(18)19)12(20)9-5-2-3-6-10(9)13(14,15)16/h2-3,5-6H,4,7-8H2,1H3,(H,18,19). The second-order valence-electron chi connectivity index (χ2n) is 4.27. The fourth-order valence-electron chi connectivity index (χ4n) is 1.69. The molecule has 0 heterocycles. The number of aliphatic carboxylic acids is 1. The average Bonchev–Trinajstić information content (AvgIpc) is 2.36. The van der Waals surface area contributed by atoms with E-state index in [4.69, 9.17) is 5.11 Å². The number of amides is 1. The number of carboxylic acid groups (broad SMARTS) is 1. The van der Waals surface area contributed by atoms with Crippen LogP contribution in [0.25, 0.3) is 0 Å². The molecule has 0 aliphatic heterocycles. The molecular weight excluding hydrogens is 275 g/mol. The zero-order valence-corrected chi connectivity index (χ0v) is 10.8. The number of rotatable bonds is 5. The molecule has 7 heteroatoms. The van der Waals surface area contributed by atoms with Gasteiger partial charge in [0.2, 0.25) is 0 Å². The molecule has 0 unspecified atom stereocenters. The predicted molar refractivity (Wildman–Crippen MR) is 65.3 cm³/mol. The molecule has 20 heavy (non-hydrogen) atoms. The molecule has 0 aromatic heterocycles. The molecule has 4 nitrogen and oxygen atoms in total. The van der Waals surface area contributed by atoms with Gasteiger partial charge in [0.15, 0.2) is 0 Å². The first-order chi connectivity index (χ1) is 9.23. The Kier molecular flexibility index (Phi) is 5.12. The minimum atomic E-state index is -4.60. The fourth-order valence-corrected chi connectivity index (χ4v) is 1.69. The number of nitrogens with zero attached hydrogens (tertiary/aromatic N) is 1. The van der Waals surface area contributed by atoms with Crippen LogP contribution in [0.3, 0.4) is 0 Å². The van der Waals surface area contributed by atoms with Crippen LogP contribution in [0, 0.1) is 0 Å². The van der Waals surface area contributed by atoms with E-state index in [0.29, 0.717) is 0 Å². The summed E-state index contributed by atoms with van der Waals surface area (Å²) in [5.74, 6) is -1.79. The van der Waals surface area contributed by atoms with Crippen molar-refractivity contribution < 1.29 is 27.9 Å². The zero-order valence-electron chi connectivity index (χ0n) is 10.8. The minimum absolute atomic E-state index is 0.0807. The lowest BCUT2D eigenvalue weighted by Gasteiger charge is -2.19. The summed E-state index contributed by atoms with van der Waals surface area (Å²) in [6, 6.07) is 4.52. The van der Waals surface area contributed by atoms with Crippen LogP contribution in [0.2, 0.25) is 0 Å². The van der Waals surface area contributed by atoms with Crippen molar-refractivity contribution in [2.75, 3.05) is 13.6 Å². The van der Waals surface area contributed by atoms with E-state index in [1.165, 1.54) is 19.2 Å². The van der Waals surface area contributed by atoms with Gasteiger partial charge in [-0.2, -0.15) is 13.2 Å². The van der Waals surface area contributed by atoms with Crippen LogP contribution in [0.4, 0.5) is 13.2 Å². The number of alkyl halides is 3. The van der Waals surface area contributed by atoms with Gasteiger partial charge in [-0.05, 0) is 18.6 Å². The first-order valence-corrected chi connectivity index (χ1v) is 5.87. The maximum Gasteiger partial charge on any atom is 0.417 e. The van der Waals surface area contributed by atoms with Crippen LogP contribution >= 0.6 is 0 Å². The smallest absolute Gasteiger partial charge is 0.417 e. The van der Waals surface area contributed by atoms with Crippen molar-refractivity contribution in [3.8, 4) is 0 Å². The number of benzene rings is 1. The van der Waals surface area contributed by atoms with Gasteiger partial charge >= 0.3 is 12.1 Å². The van der Waals surface area contributed by atoms with Gasteiger partial charge in [0.1, 0.15) is 0 Å². The SMILES string of the molecule is CN(CCCC(=O)O)C(=O)c1ccccc1C(F)(F)F. The number of carbonyl (C=O) groups excluding carboxylic acids is 1. The lowest BCUT2D eigenvalue weighted by atomic mass is 10.1. The molecule has 0 spiro atoms. The molecule has 0 radical (unpaired) electrons. The van der Waals surface area contributed by atoms with Gasteiger partial charge in [-0.15, -0.1) is 0 Å². The maximum absolute atomic E-state index is 12.8. The van der Waals surface area contributed by atoms with Gasteiger partial charge in [0.25, 0.3) is 5.91 Å². The molecule has 0 atom stereocenters. The van der Waals surface area contributed by atoms with Gasteiger partial charge in [0, 0.05) is 20.0 Å². The van der Waals surface area contributed by atoms with Crippen LogP contribution in [-0.2, 0) is 11.0 Å². The highest BCUT2D eigenvalue weighted by Crippen LogP contribution is 2.32. The van der Waals surface area contributed by atoms with E-state index in [-0.39, 0.29) is 19.4 Å². The molecule has 110 valence electrons. The van der Waals surface area contributed by atoms with Crippen molar-refractivity contribution in [3.05, 3.63) is 35.4 Å². The Bertz CT molecular complexity index is 500. The summed E-state index contributed by atoms with van der Waals surface area (Å²) in [4.78, 5) is 23.4. The topological polar surface area (TPSA) is 57.6 Å². The van der Waals surface area contributed by atoms with E-state index in [1.807, 2.05) is 0 Å². The van der Waals surface area contributed by atoms with Crippen molar-refractivity contribution in [3.63, 3.8) is 0 Å². The van der Waals surface area contributed by atoms with Crippen LogP contribution in [0.15, 0.2) is 24.3 Å². The Labute approximate surface area is 113 Å². The molecular formula is C13H14F3NO3. The number of hydrogen-bond acceptors (Lipinski definition) is 2. The lowest BCUT2D eigenvalue weighted by Crippen LogP contribution is -2.30. The van der Waals surface area contributed by atoms with Crippen molar-refractivity contribution in [2.45, 2.75) is 19.0 Å². The molecule has 1 amide bonds. The van der Waals surface area contributed by atoms with E-state index in [0.717, 1.165) is 17.0 Å². The van der Waals surface area contributed by atoms with Crippen molar-refractivity contribution in [1.29, 1.82) is 0 Å². The Hall–Kier alpha value is -2.05. The van der Waals surface area contributed by atoms with E-state index in [1.54, 1.807) is 0 Å². The largest absolute Gasteiger partial charge is 0.481 e. The van der Waals surface area contributed by atoms with E-state index >= 15 is 0 Å². The Morgan fingerprint density at radius 2 is 1.85 bits per heavy atom. The highest BCUT2D eigenvalue weighted by molar-refractivity contribution is 5.95. The third-order valence-electron chi connectivity index (χ3n) is 2.69. The van der Waals surface area contributed by atoms with Gasteiger partial charge in [-0.25, -0.2) is 0 Å². The molecule has 0 aliphatic carbocycles. The van der Waals surface area contributed by atoms with Gasteiger partial charge in [-0.3, -0.25) is 9.59 Å². The van der Waals surface area contributed by atoms with Crippen molar-refractivity contribution >= 4 is 11.9 Å². The van der Waals surface area contributed by atoms with Crippen LogP contribution in [0.1, 0.15) is 28.8 Å². The fraction of sp³-hybridized carbons (Fsp3) is 0.385. The van der Waals surface area contributed by atoms with Crippen molar-refractivity contribution in [2.24, 2.45) is 0 Å². The second-order valence-corrected chi connectivity index (χ2v) is 4.27. The highest BCUT2D eigenvalue weighted by atomic mass is 19.4. The van der Waals surface area contributed by atoms with Crippen LogP contribution < -0.4 is 0 Å². The maximum atomic E-state index is 12.8. The molecule has 0 saturated carbocycles. The van der Waals surface area contributed by atoms with Gasteiger partial charge in [0.05, 0.1) is 11.1 Å². The molecule has 0 bridgehead atoms. The molecule has 1 N–H and O–H groups in total. The number of carboxylic acids is 1. The highest BCUT2D eigenvalue weighted by Gasteiger charge is 2.35. The van der Waals surface area contributed by atoms with E-state index in [2.05, 4.69) is 0 Å². The summed E-state index contributed by atoms with van der Waals surface area (Å²) in [6.45, 7) is 0.0807. The van der Waals surface area contributed by atoms with Crippen molar-refractivity contribution in [1.82, 2.24) is 4.90 Å². The quantitative estimate of drug-likeness (QED) is 0.906. The van der Waals surface area contributed by atoms with E-state index < -0.39 is 29.2 Å². The normalized spacial score (nSPS) is 11.2. The minimum Gasteiger partial charge on any atom is -0.481 e. The molecule has 0 fully saturated rings. The Morgan fingerprint density at radius 1 is 1.25 bits per heavy atom. The summed E-state index contributed by atoms with van der Waals surface area (Å²) in [5.41, 5.74) is -1.42. The summed E-state index contributed by atoms with van der Waals surface area (Å²) < 4.78 is 38.3. The zero-order chi connectivity index (χ0) is 15.3. The number of halogens is 3. The molecule has 1 aromatic rings. The number of hydrogen-bond donors (Lipinski definition) is 1. The van der Waals surface area contributed by atoms with Crippen LogP contribution in [0.5, 0.6) is 0 Å². The Balaban J connectivity index is 2.84. The predicted octanol–water partition coefficient (Wildman–Crippen LogP) is 2.64. The third kappa shape index (κ3) is 4.25. The van der Waals surface area contributed by atoms with E-state index in [9.17, 15) is 22.8 Å². The summed E-state index contributed by atoms with van der Waals surface area (Å²) >= 11 is 0. The first-order valence-electron chi connectivity index (χ1n) is 5.87. The second kappa shape index (κ2) is 6.40. The monoisotopic (exact) mass is 289 g/mol. The van der Waals surface area contributed by atoms with Crippen LogP contribution in [-0.4, -0.2) is 35.5 Å². The third-order valence-corrected chi connectivity index (χ3v) is 2.69. The summed E-state index contributed by atoms with van der Waals surface area (Å²) in [5, 5.41) is 8.48. The first kappa shape index (κ1) is 16.0. The van der Waals surface area contributed by atoms with Gasteiger partial charge in [-0.1, -0.05) is 12.1 Å². The summed E-state index contributed by atoms with van der Waals surface area (Å²) in [6.07, 6.45) is -4.56. The van der Waals surface area contributed by atoms with Gasteiger partial charge < -0.3 is 10.0 Å². The molecule has 0 aliphatic rings. The molecule has 1 aromatic carbocycles. The Morgan fingerprint density at radius 3 is 2.40 bits per heavy atom.